The van der Waals surface area contributed by atoms with Crippen molar-refractivity contribution in [2.24, 2.45) is 5.92 Å². The molecule has 1 rings (SSSR count). The molecule has 102 valence electrons. The van der Waals surface area contributed by atoms with Crippen LogP contribution in [0.1, 0.15) is 20.8 Å². The lowest BCUT2D eigenvalue weighted by Gasteiger charge is -2.10. The smallest absolute Gasteiger partial charge is 0.167 e. The summed E-state index contributed by atoms with van der Waals surface area (Å²) in [7, 11) is 0. The molecule has 18 heavy (non-hydrogen) atoms. The predicted molar refractivity (Wildman–Crippen MR) is 71.7 cm³/mol. The summed E-state index contributed by atoms with van der Waals surface area (Å²) in [5.41, 5.74) is 0.740. The summed E-state index contributed by atoms with van der Waals surface area (Å²) in [6.07, 6.45) is 0. The summed E-state index contributed by atoms with van der Waals surface area (Å²) >= 11 is 0. The van der Waals surface area contributed by atoms with Gasteiger partial charge in [-0.15, -0.1) is 0 Å². The lowest BCUT2D eigenvalue weighted by molar-refractivity contribution is 0.118. The number of nitrogens with one attached hydrogen (secondary N) is 1. The van der Waals surface area contributed by atoms with Crippen molar-refractivity contribution >= 4 is 5.69 Å². The molecule has 1 aromatic rings. The maximum Gasteiger partial charge on any atom is 0.167 e. The average molecular weight is 255 g/mol. The van der Waals surface area contributed by atoms with E-state index in [1.807, 2.05) is 6.92 Å². The van der Waals surface area contributed by atoms with E-state index in [-0.39, 0.29) is 5.82 Å². The third-order valence-electron chi connectivity index (χ3n) is 2.26. The Labute approximate surface area is 108 Å². The van der Waals surface area contributed by atoms with Crippen molar-refractivity contribution in [1.29, 1.82) is 0 Å². The maximum absolute atomic E-state index is 13.5. The Balaban J connectivity index is 2.32. The number of hydrogen-bond acceptors (Lipinski definition) is 3. The Kier molecular flexibility index (Phi) is 6.50. The third-order valence-corrected chi connectivity index (χ3v) is 2.26. The molecule has 0 spiro atoms. The second kappa shape index (κ2) is 7.93. The van der Waals surface area contributed by atoms with Crippen LogP contribution in [-0.2, 0) is 4.74 Å². The van der Waals surface area contributed by atoms with Crippen LogP contribution in [0.15, 0.2) is 18.2 Å². The van der Waals surface area contributed by atoms with Gasteiger partial charge in [0.15, 0.2) is 11.6 Å². The summed E-state index contributed by atoms with van der Waals surface area (Å²) in [5, 5.41) is 3.11. The quantitative estimate of drug-likeness (QED) is 0.723. The fourth-order valence-electron chi connectivity index (χ4n) is 1.47. The number of rotatable bonds is 8. The molecular formula is C14H22FNO2. The van der Waals surface area contributed by atoms with E-state index in [1.54, 1.807) is 12.1 Å². The van der Waals surface area contributed by atoms with Gasteiger partial charge in [-0.3, -0.25) is 0 Å². The van der Waals surface area contributed by atoms with E-state index in [9.17, 15) is 4.39 Å². The SMILES string of the molecule is CCOc1ccc(NCCOCC(C)C)cc1F. The number of ether oxygens (including phenoxy) is 2. The largest absolute Gasteiger partial charge is 0.491 e. The van der Waals surface area contributed by atoms with Gasteiger partial charge in [-0.1, -0.05) is 13.8 Å². The van der Waals surface area contributed by atoms with Crippen molar-refractivity contribution in [3.63, 3.8) is 0 Å². The van der Waals surface area contributed by atoms with Crippen LogP contribution in [0.4, 0.5) is 10.1 Å². The summed E-state index contributed by atoms with van der Waals surface area (Å²) in [5.74, 6) is 0.483. The van der Waals surface area contributed by atoms with Crippen LogP contribution in [0, 0.1) is 11.7 Å². The normalized spacial score (nSPS) is 10.7. The molecule has 0 fully saturated rings. The minimum Gasteiger partial charge on any atom is -0.491 e. The Bertz CT molecular complexity index is 356. The molecule has 0 bridgehead atoms. The molecule has 0 saturated carbocycles. The fraction of sp³-hybridized carbons (Fsp3) is 0.571. The van der Waals surface area contributed by atoms with Gasteiger partial charge in [0.25, 0.3) is 0 Å². The van der Waals surface area contributed by atoms with E-state index in [4.69, 9.17) is 9.47 Å². The van der Waals surface area contributed by atoms with Gasteiger partial charge in [-0.05, 0) is 25.0 Å². The molecular weight excluding hydrogens is 233 g/mol. The zero-order chi connectivity index (χ0) is 13.4. The topological polar surface area (TPSA) is 30.5 Å². The summed E-state index contributed by atoms with van der Waals surface area (Å²) in [4.78, 5) is 0. The number of halogens is 1. The highest BCUT2D eigenvalue weighted by atomic mass is 19.1. The van der Waals surface area contributed by atoms with Gasteiger partial charge in [0.05, 0.1) is 13.2 Å². The van der Waals surface area contributed by atoms with Crippen LogP contribution < -0.4 is 10.1 Å². The molecule has 1 aromatic carbocycles. The summed E-state index contributed by atoms with van der Waals surface area (Å²) in [6.45, 7) is 8.54. The molecule has 0 radical (unpaired) electrons. The van der Waals surface area contributed by atoms with Crippen molar-refractivity contribution in [1.82, 2.24) is 0 Å². The van der Waals surface area contributed by atoms with E-state index in [0.29, 0.717) is 31.4 Å². The molecule has 0 amide bonds. The summed E-state index contributed by atoms with van der Waals surface area (Å²) < 4.78 is 24.1. The first-order chi connectivity index (χ1) is 8.63. The van der Waals surface area contributed by atoms with E-state index in [0.717, 1.165) is 12.3 Å². The molecule has 0 aliphatic rings. The van der Waals surface area contributed by atoms with E-state index < -0.39 is 0 Å². The molecule has 0 atom stereocenters. The maximum atomic E-state index is 13.5. The predicted octanol–water partition coefficient (Wildman–Crippen LogP) is 3.31. The van der Waals surface area contributed by atoms with Crippen molar-refractivity contribution in [2.45, 2.75) is 20.8 Å². The molecule has 4 heteroatoms. The van der Waals surface area contributed by atoms with Crippen LogP contribution in [-0.4, -0.2) is 26.4 Å². The highest BCUT2D eigenvalue weighted by molar-refractivity contribution is 5.47. The number of anilines is 1. The molecule has 0 saturated heterocycles. The highest BCUT2D eigenvalue weighted by Crippen LogP contribution is 2.20. The van der Waals surface area contributed by atoms with Crippen LogP contribution >= 0.6 is 0 Å². The van der Waals surface area contributed by atoms with Crippen LogP contribution in [0.2, 0.25) is 0 Å². The standard InChI is InChI=1S/C14H22FNO2/c1-4-18-14-6-5-12(9-13(14)15)16-7-8-17-10-11(2)3/h5-6,9,11,16H,4,7-8,10H2,1-3H3. The first-order valence-electron chi connectivity index (χ1n) is 6.37. The minimum absolute atomic E-state index is 0.291. The first-order valence-corrected chi connectivity index (χ1v) is 6.37. The Morgan fingerprint density at radius 3 is 2.72 bits per heavy atom. The molecule has 0 aromatic heterocycles. The Morgan fingerprint density at radius 1 is 1.33 bits per heavy atom. The Morgan fingerprint density at radius 2 is 2.11 bits per heavy atom. The van der Waals surface area contributed by atoms with E-state index >= 15 is 0 Å². The second-order valence-corrected chi connectivity index (χ2v) is 4.47. The van der Waals surface area contributed by atoms with Crippen molar-refractivity contribution in [2.75, 3.05) is 31.7 Å². The summed E-state index contributed by atoms with van der Waals surface area (Å²) in [6, 6.07) is 4.88. The molecule has 0 aliphatic heterocycles. The van der Waals surface area contributed by atoms with Gasteiger partial charge in [0.1, 0.15) is 0 Å². The van der Waals surface area contributed by atoms with Crippen molar-refractivity contribution in [3.05, 3.63) is 24.0 Å². The molecule has 1 N–H and O–H groups in total. The average Bonchev–Trinajstić information content (AvgIpc) is 2.32. The van der Waals surface area contributed by atoms with E-state index in [1.165, 1.54) is 6.07 Å². The van der Waals surface area contributed by atoms with Crippen molar-refractivity contribution in [3.8, 4) is 5.75 Å². The zero-order valence-corrected chi connectivity index (χ0v) is 11.3. The lowest BCUT2D eigenvalue weighted by atomic mass is 10.2. The Hall–Kier alpha value is -1.29. The van der Waals surface area contributed by atoms with Gasteiger partial charge in [-0.25, -0.2) is 4.39 Å². The van der Waals surface area contributed by atoms with Gasteiger partial charge >= 0.3 is 0 Å². The lowest BCUT2D eigenvalue weighted by Crippen LogP contribution is -2.12. The fourth-order valence-corrected chi connectivity index (χ4v) is 1.47. The second-order valence-electron chi connectivity index (χ2n) is 4.47. The molecule has 0 aliphatic carbocycles. The minimum atomic E-state index is -0.343. The molecule has 3 nitrogen and oxygen atoms in total. The first kappa shape index (κ1) is 14.8. The van der Waals surface area contributed by atoms with E-state index in [2.05, 4.69) is 19.2 Å². The molecule has 0 heterocycles. The van der Waals surface area contributed by atoms with Crippen LogP contribution in [0.5, 0.6) is 5.75 Å². The monoisotopic (exact) mass is 255 g/mol. The van der Waals surface area contributed by atoms with Gasteiger partial charge in [0.2, 0.25) is 0 Å². The highest BCUT2D eigenvalue weighted by Gasteiger charge is 2.03. The number of hydrogen-bond donors (Lipinski definition) is 1. The number of benzene rings is 1. The van der Waals surface area contributed by atoms with Gasteiger partial charge in [-0.2, -0.15) is 0 Å². The van der Waals surface area contributed by atoms with Crippen LogP contribution in [0.25, 0.3) is 0 Å². The van der Waals surface area contributed by atoms with Gasteiger partial charge < -0.3 is 14.8 Å². The zero-order valence-electron chi connectivity index (χ0n) is 11.3. The van der Waals surface area contributed by atoms with Crippen molar-refractivity contribution < 1.29 is 13.9 Å². The van der Waals surface area contributed by atoms with Gasteiger partial charge in [0, 0.05) is 24.9 Å². The van der Waals surface area contributed by atoms with Crippen LogP contribution in [0.3, 0.4) is 0 Å². The third kappa shape index (κ3) is 5.36. The molecule has 0 unspecified atom stereocenters.